The zero-order chi connectivity index (χ0) is 14.2. The van der Waals surface area contributed by atoms with Crippen LogP contribution in [0.25, 0.3) is 10.8 Å². The molecule has 0 aliphatic heterocycles. The Morgan fingerprint density at radius 2 is 1.70 bits per heavy atom. The number of rotatable bonds is 3. The third-order valence-electron chi connectivity index (χ3n) is 4.72. The van der Waals surface area contributed by atoms with Gasteiger partial charge in [0.1, 0.15) is 5.75 Å². The molecule has 1 fully saturated rings. The van der Waals surface area contributed by atoms with Gasteiger partial charge in [0.2, 0.25) is 0 Å². The Kier molecular flexibility index (Phi) is 3.76. The lowest BCUT2D eigenvalue weighted by Crippen LogP contribution is -2.17. The molecule has 0 bridgehead atoms. The Bertz CT molecular complexity index is 614. The lowest BCUT2D eigenvalue weighted by Gasteiger charge is -2.30. The lowest BCUT2D eigenvalue weighted by molar-refractivity contribution is 0.331. The van der Waals surface area contributed by atoms with E-state index >= 15 is 0 Å². The maximum Gasteiger partial charge on any atom is 0.119 e. The second-order valence-electron chi connectivity index (χ2n) is 6.20. The second-order valence-corrected chi connectivity index (χ2v) is 7.11. The Morgan fingerprint density at radius 1 is 1.05 bits per heavy atom. The number of hydrogen-bond donors (Lipinski definition) is 0. The van der Waals surface area contributed by atoms with E-state index < -0.39 is 0 Å². The molecule has 20 heavy (non-hydrogen) atoms. The van der Waals surface area contributed by atoms with E-state index in [4.69, 9.17) is 4.74 Å². The fraction of sp³-hybridized carbons (Fsp3) is 0.444. The molecule has 1 saturated carbocycles. The van der Waals surface area contributed by atoms with Crippen molar-refractivity contribution >= 4 is 26.7 Å². The minimum absolute atomic E-state index is 0.403. The monoisotopic (exact) mass is 332 g/mol. The van der Waals surface area contributed by atoms with Gasteiger partial charge >= 0.3 is 0 Å². The molecule has 0 heterocycles. The van der Waals surface area contributed by atoms with E-state index in [1.807, 2.05) is 6.07 Å². The smallest absolute Gasteiger partial charge is 0.119 e. The van der Waals surface area contributed by atoms with Gasteiger partial charge in [-0.1, -0.05) is 53.9 Å². The van der Waals surface area contributed by atoms with E-state index in [1.54, 1.807) is 7.11 Å². The van der Waals surface area contributed by atoms with Crippen LogP contribution in [-0.4, -0.2) is 7.11 Å². The Morgan fingerprint density at radius 3 is 2.40 bits per heavy atom. The van der Waals surface area contributed by atoms with Crippen LogP contribution >= 0.6 is 15.9 Å². The topological polar surface area (TPSA) is 9.23 Å². The number of halogens is 1. The van der Waals surface area contributed by atoms with Crippen LogP contribution in [0.4, 0.5) is 0 Å². The molecule has 1 unspecified atom stereocenters. The van der Waals surface area contributed by atoms with Crippen LogP contribution in [0.15, 0.2) is 36.4 Å². The van der Waals surface area contributed by atoms with Crippen molar-refractivity contribution in [1.82, 2.24) is 0 Å². The molecule has 0 N–H and O–H groups in total. The van der Waals surface area contributed by atoms with Crippen LogP contribution in [0.2, 0.25) is 0 Å². The number of benzene rings is 2. The predicted octanol–water partition coefficient (Wildman–Crippen LogP) is 5.86. The zero-order valence-corrected chi connectivity index (χ0v) is 13.7. The summed E-state index contributed by atoms with van der Waals surface area (Å²) < 4.78 is 5.29. The zero-order valence-electron chi connectivity index (χ0n) is 12.2. The first-order chi connectivity index (χ1) is 9.62. The van der Waals surface area contributed by atoms with E-state index in [2.05, 4.69) is 53.2 Å². The molecule has 2 aromatic rings. The molecular weight excluding hydrogens is 312 g/mol. The highest BCUT2D eigenvalue weighted by molar-refractivity contribution is 9.09. The summed E-state index contributed by atoms with van der Waals surface area (Å²) >= 11 is 3.96. The summed E-state index contributed by atoms with van der Waals surface area (Å²) in [4.78, 5) is 0.448. The van der Waals surface area contributed by atoms with E-state index in [0.29, 0.717) is 10.2 Å². The highest BCUT2D eigenvalue weighted by Gasteiger charge is 2.36. The molecule has 3 rings (SSSR count). The molecule has 2 aromatic carbocycles. The summed E-state index contributed by atoms with van der Waals surface area (Å²) in [6, 6.07) is 13.1. The quantitative estimate of drug-likeness (QED) is 0.639. The van der Waals surface area contributed by atoms with E-state index in [9.17, 15) is 0 Å². The molecule has 0 aromatic heterocycles. The van der Waals surface area contributed by atoms with Gasteiger partial charge in [0.05, 0.1) is 7.11 Å². The average Bonchev–Trinajstić information content (AvgIpc) is 2.93. The first kappa shape index (κ1) is 13.9. The van der Waals surface area contributed by atoms with Gasteiger partial charge in [-0.05, 0) is 52.8 Å². The van der Waals surface area contributed by atoms with Gasteiger partial charge in [-0.25, -0.2) is 0 Å². The molecule has 1 nitrogen and oxygen atoms in total. The normalized spacial score (nSPS) is 19.1. The van der Waals surface area contributed by atoms with Crippen molar-refractivity contribution in [1.29, 1.82) is 0 Å². The minimum atomic E-state index is 0.403. The Balaban J connectivity index is 1.96. The van der Waals surface area contributed by atoms with E-state index in [-0.39, 0.29) is 0 Å². The summed E-state index contributed by atoms with van der Waals surface area (Å²) in [5.41, 5.74) is 1.80. The number of methoxy groups -OCH3 is 1. The molecule has 0 amide bonds. The number of ether oxygens (including phenoxy) is 1. The van der Waals surface area contributed by atoms with Gasteiger partial charge in [-0.2, -0.15) is 0 Å². The van der Waals surface area contributed by atoms with Crippen molar-refractivity contribution in [3.63, 3.8) is 0 Å². The van der Waals surface area contributed by atoms with Crippen LogP contribution < -0.4 is 4.74 Å². The van der Waals surface area contributed by atoms with Crippen molar-refractivity contribution < 1.29 is 4.74 Å². The highest BCUT2D eigenvalue weighted by Crippen LogP contribution is 2.51. The molecule has 0 radical (unpaired) electrons. The van der Waals surface area contributed by atoms with Crippen LogP contribution in [-0.2, 0) is 0 Å². The van der Waals surface area contributed by atoms with Crippen molar-refractivity contribution in [3.05, 3.63) is 42.0 Å². The van der Waals surface area contributed by atoms with Crippen molar-refractivity contribution in [2.24, 2.45) is 5.41 Å². The van der Waals surface area contributed by atoms with Gasteiger partial charge in [-0.3, -0.25) is 0 Å². The second kappa shape index (κ2) is 5.40. The summed E-state index contributed by atoms with van der Waals surface area (Å²) in [5, 5.41) is 2.53. The number of fused-ring (bicyclic) bond motifs is 1. The molecule has 2 heteroatoms. The number of alkyl halides is 1. The Hall–Kier alpha value is -1.02. The van der Waals surface area contributed by atoms with Crippen molar-refractivity contribution in [2.45, 2.75) is 37.4 Å². The molecule has 0 spiro atoms. The summed E-state index contributed by atoms with van der Waals surface area (Å²) in [6.07, 6.45) is 5.37. The van der Waals surface area contributed by atoms with Crippen molar-refractivity contribution in [3.8, 4) is 5.75 Å². The Labute approximate surface area is 129 Å². The van der Waals surface area contributed by atoms with Gasteiger partial charge < -0.3 is 4.74 Å². The summed E-state index contributed by atoms with van der Waals surface area (Å²) in [5.74, 6) is 0.920. The average molecular weight is 333 g/mol. The largest absolute Gasteiger partial charge is 0.497 e. The standard InChI is InChI=1S/C18H21BrO/c1-18(9-3-4-10-18)17(19)15-6-5-14-12-16(20-2)8-7-13(14)11-15/h5-8,11-12,17H,3-4,9-10H2,1-2H3. The molecule has 0 saturated heterocycles. The molecule has 1 aliphatic carbocycles. The van der Waals surface area contributed by atoms with Gasteiger partial charge in [0, 0.05) is 4.83 Å². The molecule has 1 aliphatic rings. The minimum Gasteiger partial charge on any atom is -0.497 e. The maximum atomic E-state index is 5.29. The maximum absolute atomic E-state index is 5.29. The van der Waals surface area contributed by atoms with Crippen molar-refractivity contribution in [2.75, 3.05) is 7.11 Å². The summed E-state index contributed by atoms with van der Waals surface area (Å²) in [7, 11) is 1.71. The highest BCUT2D eigenvalue weighted by atomic mass is 79.9. The van der Waals surface area contributed by atoms with E-state index in [1.165, 1.54) is 42.0 Å². The molecular formula is C18H21BrO. The van der Waals surface area contributed by atoms with Crippen LogP contribution in [0, 0.1) is 5.41 Å². The summed E-state index contributed by atoms with van der Waals surface area (Å²) in [6.45, 7) is 2.41. The first-order valence-electron chi connectivity index (χ1n) is 7.34. The lowest BCUT2D eigenvalue weighted by atomic mass is 9.81. The fourth-order valence-electron chi connectivity index (χ4n) is 3.37. The van der Waals surface area contributed by atoms with Gasteiger partial charge in [0.15, 0.2) is 0 Å². The fourth-order valence-corrected chi connectivity index (χ4v) is 4.11. The SMILES string of the molecule is COc1ccc2cc(C(Br)C3(C)CCCC3)ccc2c1. The van der Waals surface area contributed by atoms with Gasteiger partial charge in [0.25, 0.3) is 0 Å². The molecule has 1 atom stereocenters. The third kappa shape index (κ3) is 2.46. The third-order valence-corrected chi connectivity index (χ3v) is 6.36. The number of hydrogen-bond acceptors (Lipinski definition) is 1. The first-order valence-corrected chi connectivity index (χ1v) is 8.26. The van der Waals surface area contributed by atoms with Gasteiger partial charge in [-0.15, -0.1) is 0 Å². The van der Waals surface area contributed by atoms with Crippen LogP contribution in [0.3, 0.4) is 0 Å². The van der Waals surface area contributed by atoms with E-state index in [0.717, 1.165) is 5.75 Å². The molecule has 106 valence electrons. The van der Waals surface area contributed by atoms with Crippen LogP contribution in [0.5, 0.6) is 5.75 Å². The predicted molar refractivity (Wildman–Crippen MR) is 88.7 cm³/mol. The van der Waals surface area contributed by atoms with Crippen LogP contribution in [0.1, 0.15) is 43.0 Å².